The molecule has 0 saturated heterocycles. The molecule has 1 saturated carbocycles. The SMILES string of the molecule is COc1ccc(C=C2N=C(C3CCCCC3)OC2=O)cc1OC. The first-order valence-electron chi connectivity index (χ1n) is 7.95. The Morgan fingerprint density at radius 2 is 1.87 bits per heavy atom. The van der Waals surface area contributed by atoms with E-state index in [0.717, 1.165) is 18.4 Å². The molecule has 0 atom stereocenters. The van der Waals surface area contributed by atoms with Gasteiger partial charge in [-0.3, -0.25) is 0 Å². The summed E-state index contributed by atoms with van der Waals surface area (Å²) < 4.78 is 15.9. The number of carbonyl (C=O) groups excluding carboxylic acids is 1. The summed E-state index contributed by atoms with van der Waals surface area (Å²) in [7, 11) is 3.17. The zero-order valence-corrected chi connectivity index (χ0v) is 13.5. The number of nitrogens with zero attached hydrogens (tertiary/aromatic N) is 1. The summed E-state index contributed by atoms with van der Waals surface area (Å²) in [6.45, 7) is 0. The predicted octanol–water partition coefficient (Wildman–Crippen LogP) is 3.58. The van der Waals surface area contributed by atoms with Gasteiger partial charge in [0.1, 0.15) is 0 Å². The third-order valence-corrected chi connectivity index (χ3v) is 4.30. The van der Waals surface area contributed by atoms with Gasteiger partial charge in [-0.05, 0) is 36.6 Å². The average molecular weight is 315 g/mol. The number of methoxy groups -OCH3 is 2. The van der Waals surface area contributed by atoms with Gasteiger partial charge >= 0.3 is 5.97 Å². The van der Waals surface area contributed by atoms with Crippen LogP contribution in [0.25, 0.3) is 6.08 Å². The Balaban J connectivity index is 1.83. The maximum Gasteiger partial charge on any atom is 0.363 e. The van der Waals surface area contributed by atoms with E-state index in [1.165, 1.54) is 19.3 Å². The molecular formula is C18H21NO4. The summed E-state index contributed by atoms with van der Waals surface area (Å²) in [5.74, 6) is 1.76. The van der Waals surface area contributed by atoms with Gasteiger partial charge in [-0.1, -0.05) is 25.3 Å². The highest BCUT2D eigenvalue weighted by Gasteiger charge is 2.30. The number of esters is 1. The molecule has 0 amide bonds. The van der Waals surface area contributed by atoms with Crippen molar-refractivity contribution in [2.45, 2.75) is 32.1 Å². The van der Waals surface area contributed by atoms with Crippen LogP contribution in [0.5, 0.6) is 11.5 Å². The molecule has 5 heteroatoms. The summed E-state index contributed by atoms with van der Waals surface area (Å²) in [4.78, 5) is 16.5. The molecule has 0 bridgehead atoms. The van der Waals surface area contributed by atoms with Gasteiger partial charge < -0.3 is 14.2 Å². The van der Waals surface area contributed by atoms with Crippen molar-refractivity contribution in [3.8, 4) is 11.5 Å². The molecule has 3 rings (SSSR count). The third kappa shape index (κ3) is 3.38. The highest BCUT2D eigenvalue weighted by molar-refractivity contribution is 6.07. The fourth-order valence-electron chi connectivity index (χ4n) is 3.05. The Labute approximate surface area is 136 Å². The molecule has 1 aromatic carbocycles. The van der Waals surface area contributed by atoms with Crippen LogP contribution in [-0.4, -0.2) is 26.1 Å². The summed E-state index contributed by atoms with van der Waals surface area (Å²) in [5, 5.41) is 0. The summed E-state index contributed by atoms with van der Waals surface area (Å²) in [6, 6.07) is 5.47. The van der Waals surface area contributed by atoms with Gasteiger partial charge in [-0.25, -0.2) is 9.79 Å². The largest absolute Gasteiger partial charge is 0.493 e. The Bertz CT molecular complexity index is 657. The quantitative estimate of drug-likeness (QED) is 0.629. The lowest BCUT2D eigenvalue weighted by atomic mass is 9.89. The monoisotopic (exact) mass is 315 g/mol. The van der Waals surface area contributed by atoms with Crippen LogP contribution in [0.1, 0.15) is 37.7 Å². The minimum absolute atomic E-state index is 0.281. The second kappa shape index (κ2) is 6.86. The molecule has 1 aliphatic carbocycles. The predicted molar refractivity (Wildman–Crippen MR) is 87.6 cm³/mol. The number of aliphatic imine (C=N–C) groups is 1. The molecule has 23 heavy (non-hydrogen) atoms. The highest BCUT2D eigenvalue weighted by atomic mass is 16.6. The van der Waals surface area contributed by atoms with Crippen LogP contribution < -0.4 is 9.47 Å². The van der Waals surface area contributed by atoms with Gasteiger partial charge in [0.05, 0.1) is 14.2 Å². The van der Waals surface area contributed by atoms with Gasteiger partial charge in [-0.2, -0.15) is 0 Å². The number of hydrogen-bond acceptors (Lipinski definition) is 5. The maximum atomic E-state index is 12.0. The third-order valence-electron chi connectivity index (χ3n) is 4.30. The van der Waals surface area contributed by atoms with E-state index in [1.54, 1.807) is 26.4 Å². The Morgan fingerprint density at radius 1 is 1.13 bits per heavy atom. The van der Waals surface area contributed by atoms with E-state index in [0.29, 0.717) is 23.1 Å². The second-order valence-corrected chi connectivity index (χ2v) is 5.82. The Morgan fingerprint density at radius 3 is 2.57 bits per heavy atom. The molecule has 0 unspecified atom stereocenters. The minimum Gasteiger partial charge on any atom is -0.493 e. The Hall–Kier alpha value is -2.30. The molecular weight excluding hydrogens is 294 g/mol. The number of hydrogen-bond donors (Lipinski definition) is 0. The van der Waals surface area contributed by atoms with Crippen molar-refractivity contribution >= 4 is 17.9 Å². The van der Waals surface area contributed by atoms with Crippen molar-refractivity contribution in [2.24, 2.45) is 10.9 Å². The molecule has 122 valence electrons. The Kier molecular flexibility index (Phi) is 4.65. The zero-order valence-electron chi connectivity index (χ0n) is 13.5. The van der Waals surface area contributed by atoms with E-state index in [2.05, 4.69) is 4.99 Å². The number of cyclic esters (lactones) is 1. The van der Waals surface area contributed by atoms with Crippen LogP contribution in [0.3, 0.4) is 0 Å². The molecule has 0 aromatic heterocycles. The van der Waals surface area contributed by atoms with Crippen molar-refractivity contribution in [2.75, 3.05) is 14.2 Å². The lowest BCUT2D eigenvalue weighted by Gasteiger charge is -2.19. The summed E-state index contributed by atoms with van der Waals surface area (Å²) in [5.41, 5.74) is 1.17. The first-order valence-corrected chi connectivity index (χ1v) is 7.95. The van der Waals surface area contributed by atoms with Gasteiger partial charge in [0.25, 0.3) is 0 Å². The second-order valence-electron chi connectivity index (χ2n) is 5.82. The minimum atomic E-state index is -0.375. The van der Waals surface area contributed by atoms with Crippen molar-refractivity contribution in [1.29, 1.82) is 0 Å². The fraction of sp³-hybridized carbons (Fsp3) is 0.444. The van der Waals surface area contributed by atoms with Crippen LogP contribution in [0.15, 0.2) is 28.9 Å². The molecule has 1 aromatic rings. The van der Waals surface area contributed by atoms with E-state index < -0.39 is 0 Å². The van der Waals surface area contributed by atoms with Crippen LogP contribution in [-0.2, 0) is 9.53 Å². The number of rotatable bonds is 4. The normalized spacial score (nSPS) is 20.3. The number of benzene rings is 1. The highest BCUT2D eigenvalue weighted by Crippen LogP contribution is 2.31. The summed E-state index contributed by atoms with van der Waals surface area (Å²) >= 11 is 0. The van der Waals surface area contributed by atoms with Crippen molar-refractivity contribution in [3.63, 3.8) is 0 Å². The van der Waals surface area contributed by atoms with E-state index >= 15 is 0 Å². The van der Waals surface area contributed by atoms with E-state index in [-0.39, 0.29) is 11.9 Å². The molecule has 0 radical (unpaired) electrons. The van der Waals surface area contributed by atoms with Crippen LogP contribution in [0, 0.1) is 5.92 Å². The number of ether oxygens (including phenoxy) is 3. The van der Waals surface area contributed by atoms with E-state index in [1.807, 2.05) is 12.1 Å². The van der Waals surface area contributed by atoms with Crippen molar-refractivity contribution < 1.29 is 19.0 Å². The lowest BCUT2D eigenvalue weighted by molar-refractivity contribution is -0.130. The lowest BCUT2D eigenvalue weighted by Crippen LogP contribution is -2.19. The van der Waals surface area contributed by atoms with Gasteiger partial charge in [-0.15, -0.1) is 0 Å². The molecule has 2 aliphatic rings. The van der Waals surface area contributed by atoms with E-state index in [4.69, 9.17) is 14.2 Å². The van der Waals surface area contributed by atoms with Gasteiger partial charge in [0, 0.05) is 5.92 Å². The van der Waals surface area contributed by atoms with Crippen molar-refractivity contribution in [1.82, 2.24) is 0 Å². The molecule has 5 nitrogen and oxygen atoms in total. The average Bonchev–Trinajstić information content (AvgIpc) is 2.96. The first kappa shape index (κ1) is 15.6. The zero-order chi connectivity index (χ0) is 16.2. The summed E-state index contributed by atoms with van der Waals surface area (Å²) in [6.07, 6.45) is 7.43. The van der Waals surface area contributed by atoms with Crippen LogP contribution >= 0.6 is 0 Å². The molecule has 1 heterocycles. The smallest absolute Gasteiger partial charge is 0.363 e. The topological polar surface area (TPSA) is 57.1 Å². The van der Waals surface area contributed by atoms with Crippen LogP contribution in [0.2, 0.25) is 0 Å². The fourth-order valence-corrected chi connectivity index (χ4v) is 3.05. The van der Waals surface area contributed by atoms with Gasteiger partial charge in [0.15, 0.2) is 17.2 Å². The van der Waals surface area contributed by atoms with Gasteiger partial charge in [0.2, 0.25) is 5.90 Å². The first-order chi connectivity index (χ1) is 11.2. The number of carbonyl (C=O) groups is 1. The van der Waals surface area contributed by atoms with E-state index in [9.17, 15) is 4.79 Å². The molecule has 1 fully saturated rings. The molecule has 1 aliphatic heterocycles. The van der Waals surface area contributed by atoms with Crippen LogP contribution in [0.4, 0.5) is 0 Å². The maximum absolute atomic E-state index is 12.0. The molecule has 0 spiro atoms. The van der Waals surface area contributed by atoms with Crippen molar-refractivity contribution in [3.05, 3.63) is 29.5 Å². The molecule has 0 N–H and O–H groups in total. The standard InChI is InChI=1S/C18H21NO4/c1-21-15-9-8-12(11-16(15)22-2)10-14-18(20)23-17(19-14)13-6-4-3-5-7-13/h8-11,13H,3-7H2,1-2H3.